The van der Waals surface area contributed by atoms with E-state index in [1.807, 2.05) is 24.8 Å². The van der Waals surface area contributed by atoms with Crippen molar-refractivity contribution in [1.29, 1.82) is 0 Å². The maximum absolute atomic E-state index is 12.7. The SMILES string of the molecule is COc1c(OC[C@@H](O)CN2C[C@@H](C)O[C@@H](C)C2)ccc2c1N=C(NC(=O)c1cncs1)N1CCN=C21. The lowest BCUT2D eigenvalue weighted by molar-refractivity contribution is -0.0787. The van der Waals surface area contributed by atoms with E-state index in [-0.39, 0.29) is 24.7 Å². The summed E-state index contributed by atoms with van der Waals surface area (Å²) in [5.74, 6) is 1.70. The fourth-order valence-corrected chi connectivity index (χ4v) is 5.28. The van der Waals surface area contributed by atoms with Gasteiger partial charge in [0.1, 0.15) is 29.1 Å². The number of β-amino-alcohol motifs (C(OH)–C–C–N with tert-alkyl or cyclic N) is 1. The molecule has 0 radical (unpaired) electrons. The van der Waals surface area contributed by atoms with Crippen LogP contribution in [-0.4, -0.2) is 102 Å². The lowest BCUT2D eigenvalue weighted by Gasteiger charge is -2.36. The Morgan fingerprint density at radius 1 is 1.33 bits per heavy atom. The van der Waals surface area contributed by atoms with Gasteiger partial charge in [-0.15, -0.1) is 11.3 Å². The number of aromatic nitrogens is 1. The smallest absolute Gasteiger partial charge is 0.269 e. The van der Waals surface area contributed by atoms with Gasteiger partial charge in [0.2, 0.25) is 5.96 Å². The van der Waals surface area contributed by atoms with E-state index < -0.39 is 6.10 Å². The molecule has 0 aliphatic carbocycles. The van der Waals surface area contributed by atoms with Crippen molar-refractivity contribution in [2.75, 3.05) is 46.4 Å². The van der Waals surface area contributed by atoms with Crippen molar-refractivity contribution >= 4 is 34.7 Å². The van der Waals surface area contributed by atoms with Crippen molar-refractivity contribution in [3.63, 3.8) is 0 Å². The number of aliphatic hydroxyl groups is 1. The first-order valence-electron chi connectivity index (χ1n) is 11.9. The maximum atomic E-state index is 12.7. The molecule has 3 aliphatic heterocycles. The minimum absolute atomic E-state index is 0.0982. The molecule has 3 aliphatic rings. The molecule has 11 nitrogen and oxygen atoms in total. The Morgan fingerprint density at radius 2 is 2.14 bits per heavy atom. The van der Waals surface area contributed by atoms with Crippen molar-refractivity contribution < 1.29 is 24.1 Å². The number of hydrogen-bond donors (Lipinski definition) is 2. The molecule has 1 aromatic heterocycles. The number of morpholine rings is 1. The van der Waals surface area contributed by atoms with Gasteiger partial charge in [0.05, 0.1) is 37.6 Å². The summed E-state index contributed by atoms with van der Waals surface area (Å²) in [4.78, 5) is 30.6. The second-order valence-corrected chi connectivity index (χ2v) is 9.93. The molecule has 3 atom stereocenters. The standard InChI is InChI=1S/C24H30N6O5S/c1-14-9-29(10-15(2)35-14)11-16(31)12-34-18-5-4-17-20(21(18)33-3)27-24(30-7-6-26-22(17)30)28-23(32)19-8-25-13-36-19/h4-5,8,13-16,31H,6-7,9-12H2,1-3H3,(H,27,28,32)/t14-,15+,16-/m0/s1. The predicted octanol–water partition coefficient (Wildman–Crippen LogP) is 1.49. The first kappa shape index (κ1) is 24.6. The number of fused-ring (bicyclic) bond motifs is 3. The number of guanidine groups is 1. The first-order chi connectivity index (χ1) is 17.4. The summed E-state index contributed by atoms with van der Waals surface area (Å²) < 4.78 is 17.5. The average Bonchev–Trinajstić information content (AvgIpc) is 3.54. The van der Waals surface area contributed by atoms with E-state index in [0.717, 1.165) is 24.5 Å². The highest BCUT2D eigenvalue weighted by molar-refractivity contribution is 7.11. The summed E-state index contributed by atoms with van der Waals surface area (Å²) in [6.45, 7) is 7.41. The number of nitrogens with zero attached hydrogens (tertiary/aromatic N) is 5. The van der Waals surface area contributed by atoms with E-state index >= 15 is 0 Å². The van der Waals surface area contributed by atoms with Gasteiger partial charge in [-0.25, -0.2) is 4.99 Å². The number of amidine groups is 1. The molecule has 0 saturated carbocycles. The molecule has 2 aromatic rings. The second kappa shape index (κ2) is 10.5. The molecule has 0 bridgehead atoms. The predicted molar refractivity (Wildman–Crippen MR) is 136 cm³/mol. The third-order valence-corrected chi connectivity index (χ3v) is 6.90. The van der Waals surface area contributed by atoms with Crippen LogP contribution in [0.1, 0.15) is 29.1 Å². The van der Waals surface area contributed by atoms with E-state index in [1.165, 1.54) is 17.5 Å². The zero-order chi connectivity index (χ0) is 25.2. The molecule has 1 fully saturated rings. The van der Waals surface area contributed by atoms with Gasteiger partial charge in [-0.1, -0.05) is 0 Å². The largest absolute Gasteiger partial charge is 0.491 e. The fraction of sp³-hybridized carbons (Fsp3) is 0.500. The number of aliphatic hydroxyl groups excluding tert-OH is 1. The highest BCUT2D eigenvalue weighted by Crippen LogP contribution is 2.43. The third kappa shape index (κ3) is 5.07. The van der Waals surface area contributed by atoms with E-state index in [4.69, 9.17) is 19.2 Å². The highest BCUT2D eigenvalue weighted by Gasteiger charge is 2.33. The van der Waals surface area contributed by atoms with Crippen molar-refractivity contribution in [2.24, 2.45) is 9.98 Å². The number of rotatable bonds is 7. The van der Waals surface area contributed by atoms with Gasteiger partial charge in [-0.3, -0.25) is 29.9 Å². The molecule has 1 amide bonds. The number of aliphatic imine (C=N–C) groups is 2. The number of hydrogen-bond acceptors (Lipinski definition) is 11. The fourth-order valence-electron chi connectivity index (χ4n) is 4.76. The Bertz CT molecular complexity index is 1160. The molecule has 36 heavy (non-hydrogen) atoms. The lowest BCUT2D eigenvalue weighted by Crippen LogP contribution is -2.48. The van der Waals surface area contributed by atoms with E-state index in [9.17, 15) is 9.90 Å². The number of carbonyl (C=O) groups is 1. The summed E-state index contributed by atoms with van der Waals surface area (Å²) >= 11 is 1.26. The summed E-state index contributed by atoms with van der Waals surface area (Å²) in [6.07, 6.45) is 1.09. The molecule has 5 rings (SSSR count). The van der Waals surface area contributed by atoms with Gasteiger partial charge < -0.3 is 19.3 Å². The maximum Gasteiger partial charge on any atom is 0.269 e. The van der Waals surface area contributed by atoms with Gasteiger partial charge in [0.15, 0.2) is 11.5 Å². The van der Waals surface area contributed by atoms with Crippen LogP contribution in [0.3, 0.4) is 0 Å². The van der Waals surface area contributed by atoms with Crippen LogP contribution < -0.4 is 14.8 Å². The van der Waals surface area contributed by atoms with Crippen molar-refractivity contribution in [3.8, 4) is 11.5 Å². The average molecular weight is 515 g/mol. The topological polar surface area (TPSA) is 121 Å². The number of amides is 1. The first-order valence-corrected chi connectivity index (χ1v) is 12.8. The molecule has 4 heterocycles. The van der Waals surface area contributed by atoms with Crippen LogP contribution in [0.5, 0.6) is 11.5 Å². The Kier molecular flexibility index (Phi) is 7.19. The third-order valence-electron chi connectivity index (χ3n) is 6.13. The van der Waals surface area contributed by atoms with Crippen molar-refractivity contribution in [1.82, 2.24) is 20.1 Å². The number of ether oxygens (including phenoxy) is 3. The number of nitrogens with one attached hydrogen (secondary N) is 1. The molecule has 192 valence electrons. The monoisotopic (exact) mass is 514 g/mol. The minimum Gasteiger partial charge on any atom is -0.491 e. The molecule has 1 aromatic carbocycles. The van der Waals surface area contributed by atoms with Crippen LogP contribution in [0.2, 0.25) is 0 Å². The zero-order valence-electron chi connectivity index (χ0n) is 20.5. The van der Waals surface area contributed by atoms with E-state index in [0.29, 0.717) is 47.7 Å². The van der Waals surface area contributed by atoms with E-state index in [2.05, 4.69) is 20.2 Å². The normalized spacial score (nSPS) is 22.3. The van der Waals surface area contributed by atoms with Crippen LogP contribution in [-0.2, 0) is 4.74 Å². The molecular weight excluding hydrogens is 484 g/mol. The van der Waals surface area contributed by atoms with Gasteiger partial charge in [-0.05, 0) is 26.0 Å². The summed E-state index contributed by atoms with van der Waals surface area (Å²) in [7, 11) is 1.54. The van der Waals surface area contributed by atoms with Gasteiger partial charge in [0, 0.05) is 31.7 Å². The molecule has 0 unspecified atom stereocenters. The van der Waals surface area contributed by atoms with Crippen molar-refractivity contribution in [2.45, 2.75) is 32.2 Å². The van der Waals surface area contributed by atoms with Crippen LogP contribution in [0, 0.1) is 0 Å². The summed E-state index contributed by atoms with van der Waals surface area (Å²) in [6, 6.07) is 3.69. The summed E-state index contributed by atoms with van der Waals surface area (Å²) in [5, 5.41) is 13.5. The molecule has 12 heteroatoms. The van der Waals surface area contributed by atoms with Gasteiger partial charge in [-0.2, -0.15) is 0 Å². The quantitative estimate of drug-likeness (QED) is 0.570. The highest BCUT2D eigenvalue weighted by atomic mass is 32.1. The molecule has 0 spiro atoms. The molecule has 2 N–H and O–H groups in total. The Labute approximate surface area is 213 Å². The van der Waals surface area contributed by atoms with Crippen LogP contribution in [0.15, 0.2) is 33.8 Å². The van der Waals surface area contributed by atoms with Crippen LogP contribution >= 0.6 is 11.3 Å². The molecule has 1 saturated heterocycles. The van der Waals surface area contributed by atoms with Crippen LogP contribution in [0.4, 0.5) is 5.69 Å². The summed E-state index contributed by atoms with van der Waals surface area (Å²) in [5.41, 5.74) is 2.93. The van der Waals surface area contributed by atoms with Gasteiger partial charge in [0.25, 0.3) is 5.91 Å². The number of thiazole rings is 1. The van der Waals surface area contributed by atoms with Gasteiger partial charge >= 0.3 is 0 Å². The number of carbonyl (C=O) groups excluding carboxylic acids is 1. The van der Waals surface area contributed by atoms with Crippen molar-refractivity contribution in [3.05, 3.63) is 34.3 Å². The minimum atomic E-state index is -0.685. The number of benzene rings is 1. The molecular formula is C24H30N6O5S. The number of methoxy groups -OCH3 is 1. The Balaban J connectivity index is 1.34. The Morgan fingerprint density at radius 3 is 2.86 bits per heavy atom. The second-order valence-electron chi connectivity index (χ2n) is 9.05. The van der Waals surface area contributed by atoms with E-state index in [1.54, 1.807) is 18.7 Å². The lowest BCUT2D eigenvalue weighted by atomic mass is 10.1. The Hall–Kier alpha value is -3.06. The van der Waals surface area contributed by atoms with Crippen LogP contribution in [0.25, 0.3) is 0 Å². The zero-order valence-corrected chi connectivity index (χ0v) is 21.3.